The summed E-state index contributed by atoms with van der Waals surface area (Å²) in [5.41, 5.74) is 2.06. The monoisotopic (exact) mass is 274 g/mol. The van der Waals surface area contributed by atoms with Crippen LogP contribution in [0.3, 0.4) is 0 Å². The van der Waals surface area contributed by atoms with E-state index in [-0.39, 0.29) is 18.1 Å². The summed E-state index contributed by atoms with van der Waals surface area (Å²) >= 11 is 0. The summed E-state index contributed by atoms with van der Waals surface area (Å²) < 4.78 is 5.59. The van der Waals surface area contributed by atoms with Crippen molar-refractivity contribution in [3.63, 3.8) is 0 Å². The van der Waals surface area contributed by atoms with Crippen molar-refractivity contribution in [3.8, 4) is 0 Å². The van der Waals surface area contributed by atoms with Crippen molar-refractivity contribution >= 4 is 11.6 Å². The molecule has 2 atom stereocenters. The van der Waals surface area contributed by atoms with Gasteiger partial charge in [-0.25, -0.2) is 0 Å². The van der Waals surface area contributed by atoms with Gasteiger partial charge >= 0.3 is 0 Å². The van der Waals surface area contributed by atoms with Crippen LogP contribution in [0.1, 0.15) is 38.2 Å². The third-order valence-electron chi connectivity index (χ3n) is 3.89. The highest BCUT2D eigenvalue weighted by Gasteiger charge is 2.28. The van der Waals surface area contributed by atoms with Crippen LogP contribution < -0.4 is 10.6 Å². The molecule has 3 rings (SSSR count). The van der Waals surface area contributed by atoms with Crippen molar-refractivity contribution in [2.45, 2.75) is 57.4 Å². The van der Waals surface area contributed by atoms with Gasteiger partial charge in [0.05, 0.1) is 6.10 Å². The van der Waals surface area contributed by atoms with Crippen LogP contribution in [0.4, 0.5) is 5.69 Å². The van der Waals surface area contributed by atoms with Crippen molar-refractivity contribution in [3.05, 3.63) is 29.8 Å². The molecule has 1 aliphatic heterocycles. The molecule has 0 spiro atoms. The van der Waals surface area contributed by atoms with E-state index < -0.39 is 0 Å². The van der Waals surface area contributed by atoms with Crippen LogP contribution >= 0.6 is 0 Å². The minimum Gasteiger partial charge on any atom is -0.365 e. The Bertz CT molecular complexity index is 485. The average molecular weight is 274 g/mol. The summed E-state index contributed by atoms with van der Waals surface area (Å²) in [7, 11) is 0. The van der Waals surface area contributed by atoms with Crippen molar-refractivity contribution in [2.75, 3.05) is 5.32 Å². The second-order valence-corrected chi connectivity index (χ2v) is 5.86. The molecule has 1 aromatic carbocycles. The molecule has 1 saturated heterocycles. The van der Waals surface area contributed by atoms with E-state index in [1.54, 1.807) is 0 Å². The highest BCUT2D eigenvalue weighted by Crippen LogP contribution is 2.22. The highest BCUT2D eigenvalue weighted by molar-refractivity contribution is 5.94. The lowest BCUT2D eigenvalue weighted by Gasteiger charge is -2.12. The van der Waals surface area contributed by atoms with Gasteiger partial charge in [0.15, 0.2) is 0 Å². The van der Waals surface area contributed by atoms with E-state index in [1.807, 2.05) is 25.1 Å². The van der Waals surface area contributed by atoms with Crippen molar-refractivity contribution in [2.24, 2.45) is 0 Å². The number of hydrogen-bond acceptors (Lipinski definition) is 3. The lowest BCUT2D eigenvalue weighted by atomic mass is 10.1. The van der Waals surface area contributed by atoms with Gasteiger partial charge in [-0.15, -0.1) is 0 Å². The van der Waals surface area contributed by atoms with Crippen molar-refractivity contribution in [1.29, 1.82) is 0 Å². The van der Waals surface area contributed by atoms with E-state index in [1.165, 1.54) is 18.4 Å². The Morgan fingerprint density at radius 3 is 2.85 bits per heavy atom. The van der Waals surface area contributed by atoms with Crippen molar-refractivity contribution < 1.29 is 9.53 Å². The first-order valence-electron chi connectivity index (χ1n) is 7.49. The third-order valence-corrected chi connectivity index (χ3v) is 3.89. The Hall–Kier alpha value is -1.39. The predicted molar refractivity (Wildman–Crippen MR) is 78.5 cm³/mol. The van der Waals surface area contributed by atoms with Crippen LogP contribution in [-0.2, 0) is 16.1 Å². The van der Waals surface area contributed by atoms with Gasteiger partial charge in [-0.2, -0.15) is 0 Å². The molecule has 1 amide bonds. The highest BCUT2D eigenvalue weighted by atomic mass is 16.5. The molecule has 108 valence electrons. The van der Waals surface area contributed by atoms with Gasteiger partial charge in [-0.1, -0.05) is 12.1 Å². The number of carbonyl (C=O) groups is 1. The normalized spacial score (nSPS) is 25.6. The fourth-order valence-corrected chi connectivity index (χ4v) is 2.53. The molecule has 0 radical (unpaired) electrons. The van der Waals surface area contributed by atoms with Crippen LogP contribution in [0.15, 0.2) is 24.3 Å². The Balaban J connectivity index is 1.55. The number of benzene rings is 1. The molecule has 4 heteroatoms. The molecule has 1 saturated carbocycles. The predicted octanol–water partition coefficient (Wildman–Crippen LogP) is 2.44. The van der Waals surface area contributed by atoms with Crippen LogP contribution in [0, 0.1) is 0 Å². The maximum absolute atomic E-state index is 12.1. The number of nitrogens with one attached hydrogen (secondary N) is 2. The second-order valence-electron chi connectivity index (χ2n) is 5.86. The molecule has 20 heavy (non-hydrogen) atoms. The zero-order valence-electron chi connectivity index (χ0n) is 11.9. The number of carbonyl (C=O) groups excluding carboxylic acids is 1. The number of amides is 1. The molecule has 1 heterocycles. The van der Waals surface area contributed by atoms with Crippen LogP contribution in [-0.4, -0.2) is 24.2 Å². The summed E-state index contributed by atoms with van der Waals surface area (Å²) in [5.74, 6) is -0.0262. The number of anilines is 1. The quantitative estimate of drug-likeness (QED) is 0.867. The Morgan fingerprint density at radius 2 is 2.15 bits per heavy atom. The maximum Gasteiger partial charge on any atom is 0.253 e. The minimum atomic E-state index is -0.293. The summed E-state index contributed by atoms with van der Waals surface area (Å²) in [6.45, 7) is 2.88. The first-order valence-corrected chi connectivity index (χ1v) is 7.49. The molecule has 0 aromatic heterocycles. The smallest absolute Gasteiger partial charge is 0.253 e. The summed E-state index contributed by atoms with van der Waals surface area (Å²) in [6.07, 6.45) is 4.25. The molecule has 1 aromatic rings. The van der Waals surface area contributed by atoms with Crippen LogP contribution in [0.25, 0.3) is 0 Å². The van der Waals surface area contributed by atoms with Gasteiger partial charge in [0, 0.05) is 18.3 Å². The van der Waals surface area contributed by atoms with E-state index in [0.29, 0.717) is 6.04 Å². The lowest BCUT2D eigenvalue weighted by molar-refractivity contribution is -0.126. The molecular weight excluding hydrogens is 252 g/mol. The Labute approximate surface area is 119 Å². The van der Waals surface area contributed by atoms with E-state index in [2.05, 4.69) is 16.7 Å². The van der Waals surface area contributed by atoms with Gasteiger partial charge in [0.1, 0.15) is 6.10 Å². The van der Waals surface area contributed by atoms with E-state index in [9.17, 15) is 4.79 Å². The molecule has 2 N–H and O–H groups in total. The minimum absolute atomic E-state index is 0.0262. The first-order chi connectivity index (χ1) is 9.70. The zero-order valence-corrected chi connectivity index (χ0v) is 11.9. The summed E-state index contributed by atoms with van der Waals surface area (Å²) in [5, 5.41) is 6.43. The lowest BCUT2D eigenvalue weighted by Crippen LogP contribution is -2.27. The van der Waals surface area contributed by atoms with E-state index in [4.69, 9.17) is 4.74 Å². The number of ether oxygens (including phenoxy) is 1. The molecule has 0 bridgehead atoms. The van der Waals surface area contributed by atoms with Gasteiger partial charge < -0.3 is 15.4 Å². The van der Waals surface area contributed by atoms with Gasteiger partial charge in [-0.05, 0) is 50.3 Å². The standard InChI is InChI=1S/C16H22N2O2/c1-11-5-8-15(20-11)16(19)18-14-4-2-3-12(9-14)10-17-13-6-7-13/h2-4,9,11,13,15,17H,5-8,10H2,1H3,(H,18,19). The summed E-state index contributed by atoms with van der Waals surface area (Å²) in [6, 6.07) is 8.72. The van der Waals surface area contributed by atoms with Crippen LogP contribution in [0.2, 0.25) is 0 Å². The summed E-state index contributed by atoms with van der Waals surface area (Å²) in [4.78, 5) is 12.1. The van der Waals surface area contributed by atoms with Crippen LogP contribution in [0.5, 0.6) is 0 Å². The van der Waals surface area contributed by atoms with Gasteiger partial charge in [0.25, 0.3) is 5.91 Å². The SMILES string of the molecule is CC1CCC(C(=O)Nc2cccc(CNC3CC3)c2)O1. The maximum atomic E-state index is 12.1. The third kappa shape index (κ3) is 3.58. The number of hydrogen-bond donors (Lipinski definition) is 2. The largest absolute Gasteiger partial charge is 0.365 e. The zero-order chi connectivity index (χ0) is 13.9. The Morgan fingerprint density at radius 1 is 1.30 bits per heavy atom. The van der Waals surface area contributed by atoms with Gasteiger partial charge in [0.2, 0.25) is 0 Å². The van der Waals surface area contributed by atoms with E-state index >= 15 is 0 Å². The fourth-order valence-electron chi connectivity index (χ4n) is 2.53. The average Bonchev–Trinajstić information content (AvgIpc) is 3.17. The van der Waals surface area contributed by atoms with E-state index in [0.717, 1.165) is 25.1 Å². The Kier molecular flexibility index (Phi) is 4.03. The first kappa shape index (κ1) is 13.6. The molecule has 4 nitrogen and oxygen atoms in total. The second kappa shape index (κ2) is 5.94. The topological polar surface area (TPSA) is 50.4 Å². The molecular formula is C16H22N2O2. The van der Waals surface area contributed by atoms with Crippen molar-refractivity contribution in [1.82, 2.24) is 5.32 Å². The molecule has 2 aliphatic rings. The molecule has 2 unspecified atom stereocenters. The molecule has 2 fully saturated rings. The fraction of sp³-hybridized carbons (Fsp3) is 0.562. The number of rotatable bonds is 5. The van der Waals surface area contributed by atoms with Gasteiger partial charge in [-0.3, -0.25) is 4.79 Å². The molecule has 1 aliphatic carbocycles.